The summed E-state index contributed by atoms with van der Waals surface area (Å²) in [6.07, 6.45) is 11.1. The number of aromatic nitrogens is 9. The molecule has 0 radical (unpaired) electrons. The Labute approximate surface area is 531 Å². The minimum Gasteiger partial charge on any atom is -0.493 e. The van der Waals surface area contributed by atoms with Gasteiger partial charge in [0.1, 0.15) is 59.0 Å². The lowest BCUT2D eigenvalue weighted by molar-refractivity contribution is 0.0696. The number of benzene rings is 6. The number of nitrogens with zero attached hydrogens (tertiary/aromatic N) is 13. The lowest BCUT2D eigenvalue weighted by Crippen LogP contribution is -2.10. The van der Waals surface area contributed by atoms with E-state index < -0.39 is 17.6 Å². The number of ether oxygens (including phenoxy) is 3. The normalized spacial score (nSPS) is 12.7. The van der Waals surface area contributed by atoms with Crippen molar-refractivity contribution in [3.8, 4) is 86.0 Å². The van der Waals surface area contributed by atoms with E-state index in [0.717, 1.165) is 22.3 Å². The van der Waals surface area contributed by atoms with Crippen molar-refractivity contribution in [1.82, 2.24) is 43.1 Å². The van der Waals surface area contributed by atoms with Gasteiger partial charge in [-0.15, -0.1) is 0 Å². The number of carboxylic acid groups (broad SMARTS) is 1. The number of rotatable bonds is 16. The Morgan fingerprint density at radius 2 is 1.06 bits per heavy atom. The Bertz CT molecular complexity index is 5400. The van der Waals surface area contributed by atoms with E-state index in [0.29, 0.717) is 163 Å². The largest absolute Gasteiger partial charge is 0.493 e. The van der Waals surface area contributed by atoms with Crippen LogP contribution in [0.2, 0.25) is 0 Å². The predicted molar refractivity (Wildman–Crippen MR) is 336 cm³/mol. The predicted octanol–water partition coefficient (Wildman–Crippen LogP) is 11.6. The van der Waals surface area contributed by atoms with Gasteiger partial charge in [-0.3, -0.25) is 13.2 Å². The highest BCUT2D eigenvalue weighted by Crippen LogP contribution is 2.45. The van der Waals surface area contributed by atoms with Crippen molar-refractivity contribution < 1.29 is 37.3 Å². The van der Waals surface area contributed by atoms with Crippen molar-refractivity contribution >= 4 is 40.8 Å². The van der Waals surface area contributed by atoms with Gasteiger partial charge in [-0.2, -0.15) is 21.0 Å². The molecule has 0 saturated carbocycles. The van der Waals surface area contributed by atoms with Gasteiger partial charge in [0.2, 0.25) is 17.8 Å². The van der Waals surface area contributed by atoms with Crippen molar-refractivity contribution in [3.05, 3.63) is 218 Å². The van der Waals surface area contributed by atoms with E-state index >= 15 is 13.2 Å². The van der Waals surface area contributed by atoms with E-state index in [1.807, 2.05) is 30.3 Å². The average molecular weight is 1250 g/mol. The van der Waals surface area contributed by atoms with Gasteiger partial charge in [0.25, 0.3) is 0 Å². The van der Waals surface area contributed by atoms with E-state index in [9.17, 15) is 30.9 Å². The molecule has 0 fully saturated rings. The number of fused-ring (bicyclic) bond motifs is 6. The summed E-state index contributed by atoms with van der Waals surface area (Å²) >= 11 is 0. The van der Waals surface area contributed by atoms with Crippen LogP contribution in [0.3, 0.4) is 0 Å². The maximum absolute atomic E-state index is 16.8. The van der Waals surface area contributed by atoms with Gasteiger partial charge < -0.3 is 35.3 Å². The van der Waals surface area contributed by atoms with Crippen LogP contribution in [0.1, 0.15) is 83.1 Å². The first-order valence-electron chi connectivity index (χ1n) is 29.8. The van der Waals surface area contributed by atoms with Crippen molar-refractivity contribution in [2.75, 3.05) is 35.8 Å². The third kappa shape index (κ3) is 9.90. The van der Waals surface area contributed by atoms with E-state index in [1.54, 1.807) is 69.0 Å². The molecule has 21 nitrogen and oxygen atoms in total. The zero-order chi connectivity index (χ0) is 64.5. The monoisotopic (exact) mass is 1250 g/mol. The zero-order valence-electron chi connectivity index (χ0n) is 49.6. The van der Waals surface area contributed by atoms with Gasteiger partial charge in [0.05, 0.1) is 49.5 Å². The molecule has 3 aliphatic heterocycles. The van der Waals surface area contributed by atoms with Gasteiger partial charge >= 0.3 is 5.97 Å². The first kappa shape index (κ1) is 57.6. The summed E-state index contributed by atoms with van der Waals surface area (Å²) in [6.45, 7) is 2.98. The number of imidazole rings is 3. The Hall–Kier alpha value is -12.8. The van der Waals surface area contributed by atoms with E-state index in [1.165, 1.54) is 48.9 Å². The van der Waals surface area contributed by atoms with Crippen LogP contribution >= 0.6 is 0 Å². The molecule has 6 aromatic carbocycles. The second kappa shape index (κ2) is 23.2. The van der Waals surface area contributed by atoms with E-state index in [4.69, 9.17) is 19.2 Å². The van der Waals surface area contributed by atoms with Gasteiger partial charge in [0, 0.05) is 131 Å². The summed E-state index contributed by atoms with van der Waals surface area (Å²) < 4.78 is 71.2. The molecule has 12 aromatic rings. The highest BCUT2D eigenvalue weighted by Gasteiger charge is 2.30. The highest BCUT2D eigenvalue weighted by molar-refractivity contribution is 5.91. The number of halogens is 3. The van der Waals surface area contributed by atoms with Crippen LogP contribution in [-0.2, 0) is 45.3 Å². The molecule has 4 N–H and O–H groups in total. The Kier molecular flexibility index (Phi) is 14.2. The second-order valence-electron chi connectivity index (χ2n) is 22.7. The number of hydrogen-bond donors (Lipinski definition) is 4. The van der Waals surface area contributed by atoms with Crippen molar-refractivity contribution in [2.24, 2.45) is 0 Å². The molecular formula is C70H47F3N16O5. The molecule has 458 valence electrons. The molecule has 0 atom stereocenters. The summed E-state index contributed by atoms with van der Waals surface area (Å²) in [4.78, 5) is 39.4. The number of anilines is 3. The summed E-state index contributed by atoms with van der Waals surface area (Å²) in [7, 11) is 0. The fourth-order valence-corrected chi connectivity index (χ4v) is 12.9. The SMILES string of the molecule is Cc1c(-c2cnc(NCc3c(F)ccc4c3CCO4)n3cc(C#N)nc23)ccc(-c2cc(F)c(CNc3ncc(-c4ccc(Cc5cc(F)c(CNc6ncc(-c7cccc(C(=O)O)c7)c7nc(C#N)cn67)c6c5OCC6)cc4)c4nc(C#N)cn34)c3c2OCC3)c1C#N. The van der Waals surface area contributed by atoms with Crippen molar-refractivity contribution in [1.29, 1.82) is 21.0 Å². The molecule has 0 aliphatic carbocycles. The van der Waals surface area contributed by atoms with Gasteiger partial charge in [-0.1, -0.05) is 48.5 Å². The van der Waals surface area contributed by atoms with Crippen LogP contribution in [0.15, 0.2) is 122 Å². The maximum Gasteiger partial charge on any atom is 0.335 e. The maximum atomic E-state index is 16.8. The third-order valence-electron chi connectivity index (χ3n) is 17.4. The molecule has 15 rings (SSSR count). The number of carboxylic acids is 1. The van der Waals surface area contributed by atoms with Crippen LogP contribution in [0.5, 0.6) is 17.2 Å². The summed E-state index contributed by atoms with van der Waals surface area (Å²) in [5.41, 5.74) is 11.6. The molecule has 94 heavy (non-hydrogen) atoms. The standard InChI is InChI=1S/C70H47F3N16O5/c1-36-45(57-32-83-70(89-35-44(25-76)86-66(57)89)80-29-54-47-13-16-92-61(47)12-11-58(54)71)9-10-46(51(36)26-77)50-22-60(73)56(49-15-18-94-63(49)50)31-82-68-78-27-52(64-84-42(23-74)33-87(64)68)38-7-5-37(6-8-38)19-41-21-59(72)55(48-14-17-93-62(41)48)30-81-69-79-28-53(65-85-43(24-75)34-88(65)69)39-3-2-4-40(20-39)67(90)91/h2-12,20-22,27-28,32-35H,13-19,29-31H2,1H3,(H,78,82)(H,79,81)(H,80,83)(H,90,91). The molecule has 0 amide bonds. The van der Waals surface area contributed by atoms with Gasteiger partial charge in [-0.25, -0.2) is 47.9 Å². The molecule has 6 aromatic heterocycles. The number of nitrogens with one attached hydrogen (secondary N) is 3. The lowest BCUT2D eigenvalue weighted by atomic mass is 9.89. The summed E-state index contributed by atoms with van der Waals surface area (Å²) in [5.74, 6) is 0.132. The zero-order valence-corrected chi connectivity index (χ0v) is 49.6. The lowest BCUT2D eigenvalue weighted by Gasteiger charge is -2.18. The number of carbonyl (C=O) groups is 1. The molecule has 24 heteroatoms. The molecule has 3 aliphatic rings. The van der Waals surface area contributed by atoms with E-state index in [-0.39, 0.29) is 60.3 Å². The highest BCUT2D eigenvalue weighted by atomic mass is 19.1. The second-order valence-corrected chi connectivity index (χ2v) is 22.7. The minimum atomic E-state index is -1.09. The number of aromatic carboxylic acids is 1. The smallest absolute Gasteiger partial charge is 0.335 e. The molecule has 9 heterocycles. The van der Waals surface area contributed by atoms with Crippen molar-refractivity contribution in [2.45, 2.75) is 52.2 Å². The molecule has 0 saturated heterocycles. The van der Waals surface area contributed by atoms with Crippen LogP contribution in [-0.4, -0.2) is 74.0 Å². The Morgan fingerprint density at radius 1 is 0.543 bits per heavy atom. The quantitative estimate of drug-likeness (QED) is 0.0699. The van der Waals surface area contributed by atoms with Crippen LogP contribution in [0.4, 0.5) is 31.0 Å². The first-order chi connectivity index (χ1) is 45.9. The van der Waals surface area contributed by atoms with Gasteiger partial charge in [0.15, 0.2) is 34.0 Å². The molecular weight excluding hydrogens is 1200 g/mol. The Balaban J connectivity index is 0.657. The van der Waals surface area contributed by atoms with Crippen LogP contribution < -0.4 is 30.2 Å². The fraction of sp³-hybridized carbons (Fsp3) is 0.157. The van der Waals surface area contributed by atoms with Gasteiger partial charge in [-0.05, 0) is 71.1 Å². The number of nitriles is 4. The van der Waals surface area contributed by atoms with Crippen LogP contribution in [0, 0.1) is 69.7 Å². The molecule has 0 spiro atoms. The van der Waals surface area contributed by atoms with Crippen LogP contribution in [0.25, 0.3) is 61.4 Å². The molecule has 0 unspecified atom stereocenters. The topological polar surface area (TPSA) is 287 Å². The average Bonchev–Trinajstić information content (AvgIpc) is 1.39. The fourth-order valence-electron chi connectivity index (χ4n) is 12.9. The molecule has 0 bridgehead atoms. The summed E-state index contributed by atoms with van der Waals surface area (Å²) in [5, 5.41) is 59.8. The minimum absolute atomic E-state index is 0.0267. The first-order valence-corrected chi connectivity index (χ1v) is 29.8. The Morgan fingerprint density at radius 3 is 1.66 bits per heavy atom. The third-order valence-corrected chi connectivity index (χ3v) is 17.4. The number of hydrogen-bond acceptors (Lipinski definition) is 17. The van der Waals surface area contributed by atoms with E-state index in [2.05, 4.69) is 59.1 Å². The summed E-state index contributed by atoms with van der Waals surface area (Å²) in [6, 6.07) is 31.9. The van der Waals surface area contributed by atoms with Crippen molar-refractivity contribution in [3.63, 3.8) is 0 Å².